The second-order valence-corrected chi connectivity index (χ2v) is 2.40. The first-order chi connectivity index (χ1) is 6.63. The van der Waals surface area contributed by atoms with Crippen molar-refractivity contribution in [3.8, 4) is 0 Å². The van der Waals surface area contributed by atoms with Crippen molar-refractivity contribution in [1.82, 2.24) is 10.2 Å². The van der Waals surface area contributed by atoms with Crippen LogP contribution in [0.4, 0.5) is 0 Å². The maximum Gasteiger partial charge on any atom is 0.330 e. The predicted octanol–water partition coefficient (Wildman–Crippen LogP) is -0.751. The lowest BCUT2D eigenvalue weighted by molar-refractivity contribution is -0.134. The molecule has 14 heavy (non-hydrogen) atoms. The van der Waals surface area contributed by atoms with Gasteiger partial charge in [-0.05, 0) is 6.08 Å². The quantitative estimate of drug-likeness (QED) is 0.480. The molecule has 6 heteroatoms. The molecule has 0 atom stereocenters. The van der Waals surface area contributed by atoms with E-state index in [1.165, 1.54) is 13.2 Å². The van der Waals surface area contributed by atoms with Crippen LogP contribution in [-0.2, 0) is 9.53 Å². The molecule has 0 aliphatic heterocycles. The van der Waals surface area contributed by atoms with E-state index in [0.717, 1.165) is 12.1 Å². The van der Waals surface area contributed by atoms with Gasteiger partial charge in [0.05, 0.1) is 7.11 Å². The van der Waals surface area contributed by atoms with E-state index in [-0.39, 0.29) is 5.56 Å². The second-order valence-electron chi connectivity index (χ2n) is 2.40. The van der Waals surface area contributed by atoms with Crippen molar-refractivity contribution in [3.05, 3.63) is 38.4 Å². The van der Waals surface area contributed by atoms with Crippen LogP contribution in [0.1, 0.15) is 5.56 Å². The Balaban J connectivity index is 3.03. The smallest absolute Gasteiger partial charge is 0.330 e. The minimum absolute atomic E-state index is 0.0964. The summed E-state index contributed by atoms with van der Waals surface area (Å²) < 4.78 is 4.32. The molecule has 0 amide bonds. The third kappa shape index (κ3) is 2.44. The van der Waals surface area contributed by atoms with E-state index in [9.17, 15) is 14.4 Å². The maximum absolute atomic E-state index is 11.0. The lowest BCUT2D eigenvalue weighted by atomic mass is 10.3. The van der Waals surface area contributed by atoms with Gasteiger partial charge in [0.15, 0.2) is 0 Å². The molecule has 74 valence electrons. The third-order valence-electron chi connectivity index (χ3n) is 1.45. The van der Waals surface area contributed by atoms with Gasteiger partial charge >= 0.3 is 5.97 Å². The summed E-state index contributed by atoms with van der Waals surface area (Å²) in [6.07, 6.45) is 2.27. The standard InChI is InChI=1S/C8H8N2O4/c1-14-7(12)3-2-5-4-6(11)9-10-8(5)13/h2-4H,1H3,(H,9,11)(H,10,13). The van der Waals surface area contributed by atoms with Crippen molar-refractivity contribution < 1.29 is 9.53 Å². The minimum Gasteiger partial charge on any atom is -0.466 e. The van der Waals surface area contributed by atoms with Gasteiger partial charge in [0.2, 0.25) is 0 Å². The molecular weight excluding hydrogens is 188 g/mol. The normalized spacial score (nSPS) is 10.4. The Labute approximate surface area is 78.2 Å². The van der Waals surface area contributed by atoms with Crippen molar-refractivity contribution in [1.29, 1.82) is 0 Å². The lowest BCUT2D eigenvalue weighted by Gasteiger charge is -1.90. The van der Waals surface area contributed by atoms with E-state index < -0.39 is 17.1 Å². The van der Waals surface area contributed by atoms with E-state index in [1.807, 2.05) is 0 Å². The zero-order valence-corrected chi connectivity index (χ0v) is 7.37. The molecule has 6 nitrogen and oxygen atoms in total. The van der Waals surface area contributed by atoms with E-state index in [2.05, 4.69) is 14.9 Å². The lowest BCUT2D eigenvalue weighted by Crippen LogP contribution is -2.19. The fraction of sp³-hybridized carbons (Fsp3) is 0.125. The van der Waals surface area contributed by atoms with Crippen molar-refractivity contribution in [2.75, 3.05) is 7.11 Å². The van der Waals surface area contributed by atoms with Crippen LogP contribution in [-0.4, -0.2) is 23.3 Å². The van der Waals surface area contributed by atoms with Crippen LogP contribution in [0.25, 0.3) is 6.08 Å². The molecule has 0 radical (unpaired) electrons. The van der Waals surface area contributed by atoms with Crippen LogP contribution in [0.5, 0.6) is 0 Å². The number of aromatic amines is 2. The van der Waals surface area contributed by atoms with Crippen LogP contribution in [0.3, 0.4) is 0 Å². The van der Waals surface area contributed by atoms with Crippen molar-refractivity contribution in [2.24, 2.45) is 0 Å². The average Bonchev–Trinajstić information content (AvgIpc) is 2.19. The van der Waals surface area contributed by atoms with E-state index in [1.54, 1.807) is 0 Å². The number of aromatic nitrogens is 2. The van der Waals surface area contributed by atoms with Gasteiger partial charge in [0, 0.05) is 17.7 Å². The highest BCUT2D eigenvalue weighted by Crippen LogP contribution is 1.89. The Kier molecular flexibility index (Phi) is 3.01. The van der Waals surface area contributed by atoms with Crippen LogP contribution in [0, 0.1) is 0 Å². The maximum atomic E-state index is 11.0. The first kappa shape index (κ1) is 9.97. The molecule has 0 unspecified atom stereocenters. The van der Waals surface area contributed by atoms with Crippen molar-refractivity contribution >= 4 is 12.0 Å². The Morgan fingerprint density at radius 1 is 1.43 bits per heavy atom. The van der Waals surface area contributed by atoms with Gasteiger partial charge in [-0.25, -0.2) is 4.79 Å². The number of ether oxygens (including phenoxy) is 1. The number of hydrogen-bond donors (Lipinski definition) is 2. The number of nitrogens with one attached hydrogen (secondary N) is 2. The number of carbonyl (C=O) groups is 1. The molecule has 0 saturated carbocycles. The molecule has 0 spiro atoms. The predicted molar refractivity (Wildman–Crippen MR) is 48.7 cm³/mol. The van der Waals surface area contributed by atoms with E-state index in [0.29, 0.717) is 0 Å². The molecule has 1 heterocycles. The summed E-state index contributed by atoms with van der Waals surface area (Å²) in [4.78, 5) is 32.5. The summed E-state index contributed by atoms with van der Waals surface area (Å²) in [6, 6.07) is 1.08. The van der Waals surface area contributed by atoms with Gasteiger partial charge in [-0.3, -0.25) is 19.8 Å². The molecule has 2 N–H and O–H groups in total. The SMILES string of the molecule is COC(=O)C=Cc1cc(=O)[nH][nH]c1=O. The third-order valence-corrected chi connectivity index (χ3v) is 1.45. The highest BCUT2D eigenvalue weighted by atomic mass is 16.5. The first-order valence-corrected chi connectivity index (χ1v) is 3.71. The van der Waals surface area contributed by atoms with Gasteiger partial charge in [-0.1, -0.05) is 0 Å². The Morgan fingerprint density at radius 2 is 2.14 bits per heavy atom. The van der Waals surface area contributed by atoms with Crippen LogP contribution >= 0.6 is 0 Å². The fourth-order valence-electron chi connectivity index (χ4n) is 0.783. The van der Waals surface area contributed by atoms with Crippen LogP contribution in [0.2, 0.25) is 0 Å². The average molecular weight is 196 g/mol. The first-order valence-electron chi connectivity index (χ1n) is 3.71. The summed E-state index contributed by atoms with van der Waals surface area (Å²) in [5.74, 6) is -0.593. The molecular formula is C8H8N2O4. The second kappa shape index (κ2) is 4.22. The number of H-pyrrole nitrogens is 2. The minimum atomic E-state index is -0.593. The summed E-state index contributed by atoms with van der Waals surface area (Å²) in [5.41, 5.74) is -0.835. The highest BCUT2D eigenvalue weighted by molar-refractivity contribution is 5.86. The topological polar surface area (TPSA) is 92.0 Å². The van der Waals surface area contributed by atoms with Gasteiger partial charge in [0.1, 0.15) is 0 Å². The monoisotopic (exact) mass is 196 g/mol. The fourth-order valence-corrected chi connectivity index (χ4v) is 0.783. The van der Waals surface area contributed by atoms with Gasteiger partial charge in [-0.2, -0.15) is 0 Å². The van der Waals surface area contributed by atoms with Gasteiger partial charge < -0.3 is 4.74 Å². The molecule has 0 aliphatic rings. The summed E-state index contributed by atoms with van der Waals surface area (Å²) in [5, 5.41) is 4.21. The Morgan fingerprint density at radius 3 is 2.79 bits per heavy atom. The van der Waals surface area contributed by atoms with E-state index in [4.69, 9.17) is 0 Å². The molecule has 1 aromatic heterocycles. The zero-order valence-electron chi connectivity index (χ0n) is 7.37. The molecule has 0 saturated heterocycles. The number of methoxy groups -OCH3 is 1. The van der Waals surface area contributed by atoms with Crippen LogP contribution < -0.4 is 11.1 Å². The molecule has 0 fully saturated rings. The zero-order chi connectivity index (χ0) is 10.6. The van der Waals surface area contributed by atoms with Gasteiger partial charge in [-0.15, -0.1) is 0 Å². The molecule has 0 aromatic carbocycles. The number of hydrogen-bond acceptors (Lipinski definition) is 4. The van der Waals surface area contributed by atoms with Crippen LogP contribution in [0.15, 0.2) is 21.7 Å². The Bertz CT molecular complexity index is 469. The Hall–Kier alpha value is -2.11. The number of esters is 1. The van der Waals surface area contributed by atoms with Crippen molar-refractivity contribution in [2.45, 2.75) is 0 Å². The largest absolute Gasteiger partial charge is 0.466 e. The van der Waals surface area contributed by atoms with Crippen molar-refractivity contribution in [3.63, 3.8) is 0 Å². The summed E-state index contributed by atoms with van der Waals surface area (Å²) >= 11 is 0. The van der Waals surface area contributed by atoms with Gasteiger partial charge in [0.25, 0.3) is 11.1 Å². The number of carbonyl (C=O) groups excluding carboxylic acids is 1. The van der Waals surface area contributed by atoms with E-state index >= 15 is 0 Å². The summed E-state index contributed by atoms with van der Waals surface area (Å²) in [7, 11) is 1.22. The molecule has 0 aliphatic carbocycles. The summed E-state index contributed by atoms with van der Waals surface area (Å²) in [6.45, 7) is 0. The molecule has 0 bridgehead atoms. The highest BCUT2D eigenvalue weighted by Gasteiger charge is 1.97. The molecule has 1 rings (SSSR count). The number of rotatable bonds is 2. The molecule has 1 aromatic rings.